The molecule has 0 spiro atoms. The fourth-order valence-electron chi connectivity index (χ4n) is 0.730. The van der Waals surface area contributed by atoms with Crippen molar-refractivity contribution < 1.29 is 0 Å². The van der Waals surface area contributed by atoms with E-state index in [9.17, 15) is 0 Å². The molecule has 0 heteroatoms. The highest BCUT2D eigenvalue weighted by Gasteiger charge is 2.12. The van der Waals surface area contributed by atoms with Crippen LogP contribution >= 0.6 is 0 Å². The van der Waals surface area contributed by atoms with Crippen LogP contribution in [0.3, 0.4) is 0 Å². The third kappa shape index (κ3) is 3.29. The molecule has 0 nitrogen and oxygen atoms in total. The number of hydrogen-bond donors (Lipinski definition) is 0. The third-order valence-electron chi connectivity index (χ3n) is 1.52. The summed E-state index contributed by atoms with van der Waals surface area (Å²) >= 11 is 0. The van der Waals surface area contributed by atoms with E-state index in [1.54, 1.807) is 6.08 Å². The topological polar surface area (TPSA) is 0 Å². The van der Waals surface area contributed by atoms with E-state index in [2.05, 4.69) is 33.6 Å². The maximum atomic E-state index is 3.84. The molecular formula is C10H16. The largest absolute Gasteiger partial charge is 0.103 e. The molecule has 0 saturated heterocycles. The summed E-state index contributed by atoms with van der Waals surface area (Å²) in [4.78, 5) is 0. The Bertz CT molecular complexity index is 149. The van der Waals surface area contributed by atoms with Crippen LogP contribution in [-0.4, -0.2) is 0 Å². The van der Waals surface area contributed by atoms with Crippen molar-refractivity contribution in [3.05, 3.63) is 37.5 Å². The van der Waals surface area contributed by atoms with E-state index in [-0.39, 0.29) is 5.41 Å². The molecule has 10 heavy (non-hydrogen) atoms. The second kappa shape index (κ2) is 3.40. The molecule has 56 valence electrons. The van der Waals surface area contributed by atoms with Crippen LogP contribution < -0.4 is 0 Å². The van der Waals surface area contributed by atoms with Crippen LogP contribution in [0.5, 0.6) is 0 Å². The second-order valence-electron chi connectivity index (χ2n) is 3.23. The molecule has 0 N–H and O–H groups in total. The van der Waals surface area contributed by atoms with Gasteiger partial charge in [-0.3, -0.25) is 0 Å². The lowest BCUT2D eigenvalue weighted by Crippen LogP contribution is -2.06. The van der Waals surface area contributed by atoms with Gasteiger partial charge in [-0.15, -0.1) is 6.58 Å². The van der Waals surface area contributed by atoms with Gasteiger partial charge in [0.1, 0.15) is 0 Å². The van der Waals surface area contributed by atoms with Gasteiger partial charge in [0.05, 0.1) is 0 Å². The van der Waals surface area contributed by atoms with Gasteiger partial charge >= 0.3 is 0 Å². The fourth-order valence-corrected chi connectivity index (χ4v) is 0.730. The standard InChI is InChI=1S/C10H16/c1-6-9(3)8-10(4,5)7-2/h6-7H,1-3,8H2,4-5H3. The summed E-state index contributed by atoms with van der Waals surface area (Å²) in [6.07, 6.45) is 4.69. The summed E-state index contributed by atoms with van der Waals surface area (Å²) in [7, 11) is 0. The molecule has 0 unspecified atom stereocenters. The highest BCUT2D eigenvalue weighted by Crippen LogP contribution is 2.25. The van der Waals surface area contributed by atoms with Gasteiger partial charge in [-0.05, 0) is 11.8 Å². The molecule has 0 fully saturated rings. The van der Waals surface area contributed by atoms with E-state index >= 15 is 0 Å². The van der Waals surface area contributed by atoms with Crippen molar-refractivity contribution >= 4 is 0 Å². The summed E-state index contributed by atoms with van der Waals surface area (Å²) in [6, 6.07) is 0. The van der Waals surface area contributed by atoms with Crippen molar-refractivity contribution in [1.29, 1.82) is 0 Å². The molecule has 0 aliphatic heterocycles. The summed E-state index contributed by atoms with van der Waals surface area (Å²) < 4.78 is 0. The molecule has 0 saturated carbocycles. The Kier molecular flexibility index (Phi) is 3.14. The summed E-state index contributed by atoms with van der Waals surface area (Å²) in [5, 5.41) is 0. The SMILES string of the molecule is C=CC(=C)CC(C)(C)C=C. The molecule has 0 radical (unpaired) electrons. The Morgan fingerprint density at radius 3 is 2.20 bits per heavy atom. The average molecular weight is 136 g/mol. The number of hydrogen-bond acceptors (Lipinski definition) is 0. The molecular weight excluding hydrogens is 120 g/mol. The highest BCUT2D eigenvalue weighted by atomic mass is 14.2. The number of rotatable bonds is 4. The molecule has 0 bridgehead atoms. The smallest absolute Gasteiger partial charge is 0.0137 e. The normalized spacial score (nSPS) is 10.6. The Hall–Kier alpha value is -0.780. The first-order valence-corrected chi connectivity index (χ1v) is 3.45. The van der Waals surface area contributed by atoms with Gasteiger partial charge in [-0.1, -0.05) is 44.7 Å². The zero-order valence-corrected chi connectivity index (χ0v) is 6.98. The first-order valence-electron chi connectivity index (χ1n) is 3.45. The molecule has 0 aliphatic carbocycles. The molecule has 0 aromatic carbocycles. The predicted octanol–water partition coefficient (Wildman–Crippen LogP) is 3.33. The summed E-state index contributed by atoms with van der Waals surface area (Å²) in [6.45, 7) is 15.5. The zero-order valence-electron chi connectivity index (χ0n) is 6.98. The predicted molar refractivity (Wildman–Crippen MR) is 47.9 cm³/mol. The highest BCUT2D eigenvalue weighted by molar-refractivity contribution is 5.14. The van der Waals surface area contributed by atoms with Crippen LogP contribution in [0.25, 0.3) is 0 Å². The monoisotopic (exact) mass is 136 g/mol. The molecule has 0 aliphatic rings. The van der Waals surface area contributed by atoms with E-state index in [1.807, 2.05) is 6.08 Å². The quantitative estimate of drug-likeness (QED) is 0.411. The van der Waals surface area contributed by atoms with Crippen LogP contribution in [0.4, 0.5) is 0 Å². The van der Waals surface area contributed by atoms with Crippen LogP contribution in [0.15, 0.2) is 37.5 Å². The molecule has 0 heterocycles. The maximum Gasteiger partial charge on any atom is -0.0137 e. The van der Waals surface area contributed by atoms with Gasteiger partial charge in [0.15, 0.2) is 0 Å². The Balaban J connectivity index is 4.00. The first kappa shape index (κ1) is 9.22. The van der Waals surface area contributed by atoms with Crippen molar-refractivity contribution in [2.45, 2.75) is 20.3 Å². The fraction of sp³-hybridized carbons (Fsp3) is 0.400. The number of allylic oxidation sites excluding steroid dienone is 3. The van der Waals surface area contributed by atoms with Gasteiger partial charge in [0.2, 0.25) is 0 Å². The molecule has 0 rings (SSSR count). The van der Waals surface area contributed by atoms with Crippen LogP contribution in [0, 0.1) is 5.41 Å². The molecule has 0 aromatic rings. The van der Waals surface area contributed by atoms with E-state index in [1.165, 1.54) is 0 Å². The van der Waals surface area contributed by atoms with Gasteiger partial charge in [0.25, 0.3) is 0 Å². The van der Waals surface area contributed by atoms with E-state index in [0.717, 1.165) is 12.0 Å². The maximum absolute atomic E-state index is 3.84. The van der Waals surface area contributed by atoms with Gasteiger partial charge in [-0.25, -0.2) is 0 Å². The minimum atomic E-state index is 0.158. The summed E-state index contributed by atoms with van der Waals surface area (Å²) in [5.41, 5.74) is 1.23. The second-order valence-corrected chi connectivity index (χ2v) is 3.23. The third-order valence-corrected chi connectivity index (χ3v) is 1.52. The molecule has 0 amide bonds. The van der Waals surface area contributed by atoms with Crippen molar-refractivity contribution in [1.82, 2.24) is 0 Å². The van der Waals surface area contributed by atoms with Crippen LogP contribution in [0.2, 0.25) is 0 Å². The lowest BCUT2D eigenvalue weighted by molar-refractivity contribution is 0.482. The van der Waals surface area contributed by atoms with E-state index < -0.39 is 0 Å². The van der Waals surface area contributed by atoms with Crippen molar-refractivity contribution in [3.8, 4) is 0 Å². The Morgan fingerprint density at radius 2 is 1.90 bits per heavy atom. The zero-order chi connectivity index (χ0) is 8.20. The Labute approximate surface area is 64.0 Å². The molecule has 0 atom stereocenters. The van der Waals surface area contributed by atoms with Crippen LogP contribution in [0.1, 0.15) is 20.3 Å². The van der Waals surface area contributed by atoms with Crippen molar-refractivity contribution in [2.75, 3.05) is 0 Å². The van der Waals surface area contributed by atoms with E-state index in [0.29, 0.717) is 0 Å². The lowest BCUT2D eigenvalue weighted by atomic mass is 9.86. The van der Waals surface area contributed by atoms with Crippen LogP contribution in [-0.2, 0) is 0 Å². The van der Waals surface area contributed by atoms with Gasteiger partial charge in [0, 0.05) is 0 Å². The van der Waals surface area contributed by atoms with Crippen molar-refractivity contribution in [2.24, 2.45) is 5.41 Å². The Morgan fingerprint density at radius 1 is 1.40 bits per heavy atom. The average Bonchev–Trinajstić information content (AvgIpc) is 1.87. The minimum absolute atomic E-state index is 0.158. The van der Waals surface area contributed by atoms with Crippen molar-refractivity contribution in [3.63, 3.8) is 0 Å². The minimum Gasteiger partial charge on any atom is -0.103 e. The van der Waals surface area contributed by atoms with E-state index in [4.69, 9.17) is 0 Å². The van der Waals surface area contributed by atoms with Gasteiger partial charge < -0.3 is 0 Å². The summed E-state index contributed by atoms with van der Waals surface area (Å²) in [5.74, 6) is 0. The van der Waals surface area contributed by atoms with Gasteiger partial charge in [-0.2, -0.15) is 0 Å². The molecule has 0 aromatic heterocycles. The first-order chi connectivity index (χ1) is 4.52. The lowest BCUT2D eigenvalue weighted by Gasteiger charge is -2.19.